The van der Waals surface area contributed by atoms with Gasteiger partial charge in [-0.2, -0.15) is 0 Å². The molecule has 0 bridgehead atoms. The Hall–Kier alpha value is -0.820. The highest BCUT2D eigenvalue weighted by molar-refractivity contribution is 5.85. The van der Waals surface area contributed by atoms with E-state index in [9.17, 15) is 4.79 Å². The van der Waals surface area contributed by atoms with Crippen LogP contribution in [0.2, 0.25) is 0 Å². The molecule has 2 heterocycles. The summed E-state index contributed by atoms with van der Waals surface area (Å²) in [6, 6.07) is 0. The molecule has 1 aromatic heterocycles. The summed E-state index contributed by atoms with van der Waals surface area (Å²) >= 11 is 0. The molecule has 1 aromatic rings. The van der Waals surface area contributed by atoms with Gasteiger partial charge in [-0.1, -0.05) is 5.16 Å². The minimum absolute atomic E-state index is 0. The number of hydrogen-bond donors (Lipinski definition) is 1. The lowest BCUT2D eigenvalue weighted by molar-refractivity contribution is -0.131. The van der Waals surface area contributed by atoms with Gasteiger partial charge in [-0.25, -0.2) is 0 Å². The quantitative estimate of drug-likeness (QED) is 0.887. The lowest BCUT2D eigenvalue weighted by Crippen LogP contribution is -2.49. The first-order valence-corrected chi connectivity index (χ1v) is 6.23. The predicted octanol–water partition coefficient (Wildman–Crippen LogP) is 0.738. The van der Waals surface area contributed by atoms with Crippen molar-refractivity contribution in [2.75, 3.05) is 32.7 Å². The number of rotatable bonds is 3. The van der Waals surface area contributed by atoms with E-state index in [1.165, 1.54) is 0 Å². The smallest absolute Gasteiger partial charge is 0.236 e. The van der Waals surface area contributed by atoms with Crippen molar-refractivity contribution < 1.29 is 9.32 Å². The minimum Gasteiger partial charge on any atom is -0.361 e. The van der Waals surface area contributed by atoms with Gasteiger partial charge in [-0.05, 0) is 13.8 Å². The molecule has 1 aliphatic rings. The monoisotopic (exact) mass is 324 g/mol. The Kier molecular flexibility index (Phi) is 8.12. The molecule has 1 amide bonds. The van der Waals surface area contributed by atoms with E-state index in [0.29, 0.717) is 0 Å². The third-order valence-electron chi connectivity index (χ3n) is 3.46. The summed E-state index contributed by atoms with van der Waals surface area (Å²) in [5, 5.41) is 3.96. The fraction of sp³-hybridized carbons (Fsp3) is 0.667. The van der Waals surface area contributed by atoms with Crippen LogP contribution in [0.5, 0.6) is 0 Å². The van der Waals surface area contributed by atoms with E-state index in [1.807, 2.05) is 18.7 Å². The molecule has 0 saturated carbocycles. The predicted molar refractivity (Wildman–Crippen MR) is 81.4 cm³/mol. The highest BCUT2D eigenvalue weighted by Gasteiger charge is 2.21. The van der Waals surface area contributed by atoms with E-state index >= 15 is 0 Å². The second-order valence-corrected chi connectivity index (χ2v) is 4.66. The molecule has 0 spiro atoms. The van der Waals surface area contributed by atoms with Crippen LogP contribution in [0.3, 0.4) is 0 Å². The van der Waals surface area contributed by atoms with E-state index in [2.05, 4.69) is 10.1 Å². The molecule has 0 atom stereocenters. The Balaban J connectivity index is 0.00000180. The average Bonchev–Trinajstić information content (AvgIpc) is 2.70. The molecule has 2 rings (SSSR count). The Labute approximate surface area is 131 Å². The minimum atomic E-state index is 0. The van der Waals surface area contributed by atoms with Crippen molar-refractivity contribution in [1.29, 1.82) is 0 Å². The van der Waals surface area contributed by atoms with Crippen molar-refractivity contribution in [1.82, 2.24) is 15.0 Å². The maximum Gasteiger partial charge on any atom is 0.236 e. The first-order chi connectivity index (χ1) is 8.61. The van der Waals surface area contributed by atoms with Gasteiger partial charge >= 0.3 is 0 Å². The zero-order valence-electron chi connectivity index (χ0n) is 11.8. The number of aromatic nitrogens is 1. The van der Waals surface area contributed by atoms with Gasteiger partial charge in [0.05, 0.1) is 12.2 Å². The van der Waals surface area contributed by atoms with Crippen LogP contribution in [0.1, 0.15) is 17.0 Å². The van der Waals surface area contributed by atoms with Gasteiger partial charge in [-0.3, -0.25) is 9.69 Å². The largest absolute Gasteiger partial charge is 0.361 e. The standard InChI is InChI=1S/C12H20N4O2.2ClH/c1-9-11(10(2)18-14-9)8-15-3-5-16(6-4-15)12(17)7-13;;/h3-8,13H2,1-2H3;2*1H. The molecule has 1 aliphatic heterocycles. The molecule has 8 heteroatoms. The first kappa shape index (κ1) is 19.2. The van der Waals surface area contributed by atoms with Crippen LogP contribution in [0.25, 0.3) is 0 Å². The number of carbonyl (C=O) groups is 1. The summed E-state index contributed by atoms with van der Waals surface area (Å²) in [6.07, 6.45) is 0. The summed E-state index contributed by atoms with van der Waals surface area (Å²) in [4.78, 5) is 15.6. The molecular formula is C12H22Cl2N4O2. The summed E-state index contributed by atoms with van der Waals surface area (Å²) in [7, 11) is 0. The highest BCUT2D eigenvalue weighted by atomic mass is 35.5. The molecule has 116 valence electrons. The summed E-state index contributed by atoms with van der Waals surface area (Å²) in [5.41, 5.74) is 7.47. The van der Waals surface area contributed by atoms with Gasteiger partial charge in [-0.15, -0.1) is 24.8 Å². The third kappa shape index (κ3) is 4.34. The molecular weight excluding hydrogens is 303 g/mol. The zero-order valence-corrected chi connectivity index (χ0v) is 13.4. The van der Waals surface area contributed by atoms with E-state index in [-0.39, 0.29) is 37.3 Å². The van der Waals surface area contributed by atoms with Gasteiger partial charge < -0.3 is 15.2 Å². The number of halogens is 2. The second-order valence-electron chi connectivity index (χ2n) is 4.66. The third-order valence-corrected chi connectivity index (χ3v) is 3.46. The van der Waals surface area contributed by atoms with Gasteiger partial charge in [0, 0.05) is 38.3 Å². The molecule has 1 saturated heterocycles. The Morgan fingerprint density at radius 1 is 1.25 bits per heavy atom. The van der Waals surface area contributed by atoms with Crippen molar-refractivity contribution in [3.8, 4) is 0 Å². The molecule has 2 N–H and O–H groups in total. The molecule has 20 heavy (non-hydrogen) atoms. The molecule has 1 fully saturated rings. The Morgan fingerprint density at radius 2 is 1.85 bits per heavy atom. The van der Waals surface area contributed by atoms with Crippen LogP contribution in [0.15, 0.2) is 4.52 Å². The Bertz CT molecular complexity index is 412. The zero-order chi connectivity index (χ0) is 13.1. The SMILES string of the molecule is Cc1noc(C)c1CN1CCN(C(=O)CN)CC1.Cl.Cl. The molecule has 0 unspecified atom stereocenters. The fourth-order valence-electron chi connectivity index (χ4n) is 2.24. The van der Waals surface area contributed by atoms with Gasteiger partial charge in [0.25, 0.3) is 0 Å². The van der Waals surface area contributed by atoms with E-state index in [1.54, 1.807) is 0 Å². The molecule has 0 radical (unpaired) electrons. The second kappa shape index (κ2) is 8.46. The van der Waals surface area contributed by atoms with Crippen LogP contribution in [-0.2, 0) is 11.3 Å². The number of hydrogen-bond acceptors (Lipinski definition) is 5. The normalized spacial score (nSPS) is 15.4. The van der Waals surface area contributed by atoms with Crippen LogP contribution < -0.4 is 5.73 Å². The van der Waals surface area contributed by atoms with Crippen LogP contribution in [0, 0.1) is 13.8 Å². The number of piperazine rings is 1. The van der Waals surface area contributed by atoms with E-state index < -0.39 is 0 Å². The number of nitrogens with two attached hydrogens (primary N) is 1. The molecule has 0 aliphatic carbocycles. The van der Waals surface area contributed by atoms with Crippen molar-refractivity contribution in [3.05, 3.63) is 17.0 Å². The van der Waals surface area contributed by atoms with Crippen LogP contribution in [-0.4, -0.2) is 53.6 Å². The maximum atomic E-state index is 11.5. The highest BCUT2D eigenvalue weighted by Crippen LogP contribution is 2.16. The number of amides is 1. The topological polar surface area (TPSA) is 75.6 Å². The van der Waals surface area contributed by atoms with Crippen molar-refractivity contribution >= 4 is 30.7 Å². The summed E-state index contributed by atoms with van der Waals surface area (Å²) in [5.74, 6) is 0.917. The summed E-state index contributed by atoms with van der Waals surface area (Å²) < 4.78 is 5.16. The lowest BCUT2D eigenvalue weighted by atomic mass is 10.2. The van der Waals surface area contributed by atoms with Crippen LogP contribution >= 0.6 is 24.8 Å². The van der Waals surface area contributed by atoms with E-state index in [0.717, 1.165) is 49.7 Å². The van der Waals surface area contributed by atoms with Gasteiger partial charge in [0.15, 0.2) is 0 Å². The van der Waals surface area contributed by atoms with E-state index in [4.69, 9.17) is 10.3 Å². The first-order valence-electron chi connectivity index (χ1n) is 6.23. The maximum absolute atomic E-state index is 11.5. The number of nitrogens with zero attached hydrogens (tertiary/aromatic N) is 3. The van der Waals surface area contributed by atoms with Gasteiger partial charge in [0.1, 0.15) is 5.76 Å². The number of aryl methyl sites for hydroxylation is 2. The molecule has 6 nitrogen and oxygen atoms in total. The Morgan fingerprint density at radius 3 is 2.30 bits per heavy atom. The van der Waals surface area contributed by atoms with Crippen molar-refractivity contribution in [2.24, 2.45) is 5.73 Å². The van der Waals surface area contributed by atoms with Crippen molar-refractivity contribution in [3.63, 3.8) is 0 Å². The van der Waals surface area contributed by atoms with Crippen molar-refractivity contribution in [2.45, 2.75) is 20.4 Å². The number of carbonyl (C=O) groups excluding carboxylic acids is 1. The lowest BCUT2D eigenvalue weighted by Gasteiger charge is -2.34. The van der Waals surface area contributed by atoms with Gasteiger partial charge in [0.2, 0.25) is 5.91 Å². The average molecular weight is 325 g/mol. The summed E-state index contributed by atoms with van der Waals surface area (Å²) in [6.45, 7) is 8.07. The molecule has 0 aromatic carbocycles. The fourth-order valence-corrected chi connectivity index (χ4v) is 2.24. The van der Waals surface area contributed by atoms with Crippen LogP contribution in [0.4, 0.5) is 0 Å².